The van der Waals surface area contributed by atoms with Crippen LogP contribution in [0.1, 0.15) is 48.9 Å². The van der Waals surface area contributed by atoms with Gasteiger partial charge in [0.25, 0.3) is 5.69 Å². The fraction of sp³-hybridized carbons (Fsp3) is 0.310. The molecule has 0 aromatic heterocycles. The Labute approximate surface area is 213 Å². The summed E-state index contributed by atoms with van der Waals surface area (Å²) in [6.45, 7) is 10.2. The first-order valence-corrected chi connectivity index (χ1v) is 12.2. The van der Waals surface area contributed by atoms with E-state index in [4.69, 9.17) is 4.74 Å². The van der Waals surface area contributed by atoms with E-state index in [0.29, 0.717) is 17.0 Å². The number of nitro groups is 1. The van der Waals surface area contributed by atoms with E-state index in [2.05, 4.69) is 41.1 Å². The van der Waals surface area contributed by atoms with Crippen LogP contribution in [0.25, 0.3) is 12.2 Å². The molecule has 0 saturated carbocycles. The maximum absolute atomic E-state index is 11.4. The van der Waals surface area contributed by atoms with Gasteiger partial charge < -0.3 is 9.64 Å². The number of nitrogens with zero attached hydrogens (tertiary/aromatic N) is 4. The van der Waals surface area contributed by atoms with Crippen molar-refractivity contribution >= 4 is 34.9 Å². The van der Waals surface area contributed by atoms with Crippen molar-refractivity contribution in [2.75, 3.05) is 25.1 Å². The van der Waals surface area contributed by atoms with Gasteiger partial charge in [-0.3, -0.25) is 10.1 Å². The van der Waals surface area contributed by atoms with E-state index in [0.717, 1.165) is 35.5 Å². The zero-order valence-electron chi connectivity index (χ0n) is 21.7. The molecule has 0 bridgehead atoms. The fourth-order valence-electron chi connectivity index (χ4n) is 3.90. The zero-order chi connectivity index (χ0) is 26.1. The first-order chi connectivity index (χ1) is 17.4. The quantitative estimate of drug-likeness (QED) is 0.118. The van der Waals surface area contributed by atoms with Crippen LogP contribution < -0.4 is 9.64 Å². The van der Waals surface area contributed by atoms with Crippen LogP contribution in [0.15, 0.2) is 64.8 Å². The molecule has 0 heterocycles. The predicted molar refractivity (Wildman–Crippen MR) is 148 cm³/mol. The summed E-state index contributed by atoms with van der Waals surface area (Å²) in [7, 11) is 1.59. The van der Waals surface area contributed by atoms with E-state index in [9.17, 15) is 10.1 Å². The van der Waals surface area contributed by atoms with Gasteiger partial charge in [0.05, 0.1) is 23.3 Å². The van der Waals surface area contributed by atoms with Crippen LogP contribution in [0.5, 0.6) is 5.75 Å². The van der Waals surface area contributed by atoms with E-state index in [1.54, 1.807) is 25.3 Å². The summed E-state index contributed by atoms with van der Waals surface area (Å²) < 4.78 is 5.56. The van der Waals surface area contributed by atoms with Crippen LogP contribution >= 0.6 is 0 Å². The molecule has 3 rings (SSSR count). The average Bonchev–Trinajstić information content (AvgIpc) is 2.88. The highest BCUT2D eigenvalue weighted by Gasteiger charge is 2.12. The lowest BCUT2D eigenvalue weighted by Gasteiger charge is -2.22. The second-order valence-electron chi connectivity index (χ2n) is 8.68. The van der Waals surface area contributed by atoms with Crippen molar-refractivity contribution in [3.05, 3.63) is 87.0 Å². The number of benzene rings is 3. The van der Waals surface area contributed by atoms with Gasteiger partial charge in [0, 0.05) is 24.8 Å². The van der Waals surface area contributed by atoms with Gasteiger partial charge >= 0.3 is 0 Å². The number of azo groups is 1. The number of nitro benzene ring substituents is 1. The van der Waals surface area contributed by atoms with E-state index in [1.165, 1.54) is 18.5 Å². The second kappa shape index (κ2) is 12.6. The minimum absolute atomic E-state index is 0.0831. The van der Waals surface area contributed by atoms with E-state index in [-0.39, 0.29) is 10.6 Å². The molecule has 3 aromatic carbocycles. The molecule has 0 N–H and O–H groups in total. The molecule has 7 heteroatoms. The molecule has 0 unspecified atom stereocenters. The van der Waals surface area contributed by atoms with Gasteiger partial charge in [0.15, 0.2) is 0 Å². The van der Waals surface area contributed by atoms with Crippen molar-refractivity contribution in [1.29, 1.82) is 0 Å². The molecule has 0 amide bonds. The molecule has 36 heavy (non-hydrogen) atoms. The van der Waals surface area contributed by atoms with E-state index < -0.39 is 0 Å². The third-order valence-electron chi connectivity index (χ3n) is 6.04. The summed E-state index contributed by atoms with van der Waals surface area (Å²) >= 11 is 0. The van der Waals surface area contributed by atoms with Gasteiger partial charge in [-0.25, -0.2) is 0 Å². The summed E-state index contributed by atoms with van der Waals surface area (Å²) in [5.74, 6) is 0.579. The molecule has 188 valence electrons. The Morgan fingerprint density at radius 1 is 0.972 bits per heavy atom. The molecule has 0 aliphatic rings. The zero-order valence-corrected chi connectivity index (χ0v) is 21.7. The maximum Gasteiger partial charge on any atom is 0.276 e. The van der Waals surface area contributed by atoms with E-state index >= 15 is 0 Å². The Morgan fingerprint density at radius 2 is 1.69 bits per heavy atom. The molecular weight excluding hydrogens is 452 g/mol. The van der Waals surface area contributed by atoms with Crippen molar-refractivity contribution < 1.29 is 9.66 Å². The van der Waals surface area contributed by atoms with Crippen molar-refractivity contribution in [1.82, 2.24) is 0 Å². The highest BCUT2D eigenvalue weighted by Crippen LogP contribution is 2.34. The molecule has 0 aliphatic heterocycles. The molecule has 0 atom stereocenters. The van der Waals surface area contributed by atoms with Crippen LogP contribution in [-0.2, 0) is 0 Å². The van der Waals surface area contributed by atoms with Crippen LogP contribution in [0.3, 0.4) is 0 Å². The van der Waals surface area contributed by atoms with Crippen molar-refractivity contribution in [3.63, 3.8) is 0 Å². The Bertz CT molecular complexity index is 1250. The monoisotopic (exact) mass is 486 g/mol. The largest absolute Gasteiger partial charge is 0.494 e. The Morgan fingerprint density at radius 3 is 2.33 bits per heavy atom. The SMILES string of the molecule is CCCCN(CC)c1ccc(N=Nc2cc(C)c(/C=C/c3ccc(C)cc3[N+](=O)[O-])cc2OC)cc1. The smallest absolute Gasteiger partial charge is 0.276 e. The topological polar surface area (TPSA) is 80.3 Å². The molecular formula is C29H34N4O3. The summed E-state index contributed by atoms with van der Waals surface area (Å²) in [6.07, 6.45) is 5.95. The number of hydrogen-bond acceptors (Lipinski definition) is 6. The highest BCUT2D eigenvalue weighted by atomic mass is 16.6. The number of rotatable bonds is 11. The minimum Gasteiger partial charge on any atom is -0.494 e. The van der Waals surface area contributed by atoms with Gasteiger partial charge in [-0.2, -0.15) is 5.11 Å². The number of anilines is 1. The van der Waals surface area contributed by atoms with Gasteiger partial charge in [-0.05, 0) is 92.4 Å². The predicted octanol–water partition coefficient (Wildman–Crippen LogP) is 8.43. The van der Waals surface area contributed by atoms with Gasteiger partial charge in [-0.15, -0.1) is 5.11 Å². The molecule has 0 spiro atoms. The van der Waals surface area contributed by atoms with Gasteiger partial charge in [0.2, 0.25) is 0 Å². The standard InChI is InChI=1S/C29H34N4O3/c1-6-8-17-32(7-2)26-15-13-25(14-16-26)30-31-27-19-22(4)24(20-29(27)36-5)12-11-23-10-9-21(3)18-28(23)33(34)35/h9-16,18-20H,6-8,17H2,1-5H3/b12-11+,31-30?. The van der Waals surface area contributed by atoms with Crippen molar-refractivity contribution in [3.8, 4) is 5.75 Å². The van der Waals surface area contributed by atoms with Crippen LogP contribution in [0.4, 0.5) is 22.7 Å². The Hall–Kier alpha value is -4.00. The Kier molecular flexibility index (Phi) is 9.33. The third-order valence-corrected chi connectivity index (χ3v) is 6.04. The lowest BCUT2D eigenvalue weighted by atomic mass is 10.0. The molecule has 0 radical (unpaired) electrons. The lowest BCUT2D eigenvalue weighted by molar-refractivity contribution is -0.385. The summed E-state index contributed by atoms with van der Waals surface area (Å²) in [5.41, 5.74) is 5.89. The van der Waals surface area contributed by atoms with E-state index in [1.807, 2.05) is 50.3 Å². The van der Waals surface area contributed by atoms with Crippen LogP contribution in [0.2, 0.25) is 0 Å². The fourth-order valence-corrected chi connectivity index (χ4v) is 3.90. The second-order valence-corrected chi connectivity index (χ2v) is 8.68. The van der Waals surface area contributed by atoms with Crippen molar-refractivity contribution in [2.24, 2.45) is 10.2 Å². The summed E-state index contributed by atoms with van der Waals surface area (Å²) in [4.78, 5) is 13.4. The Balaban J connectivity index is 1.81. The first-order valence-electron chi connectivity index (χ1n) is 12.2. The first kappa shape index (κ1) is 26.6. The number of ether oxygens (including phenoxy) is 1. The molecule has 0 saturated heterocycles. The average molecular weight is 487 g/mol. The summed E-state index contributed by atoms with van der Waals surface area (Å²) in [6, 6.07) is 17.1. The number of methoxy groups -OCH3 is 1. The summed E-state index contributed by atoms with van der Waals surface area (Å²) in [5, 5.41) is 20.3. The minimum atomic E-state index is -0.360. The number of aryl methyl sites for hydroxylation is 2. The highest BCUT2D eigenvalue weighted by molar-refractivity contribution is 5.77. The third kappa shape index (κ3) is 6.78. The molecule has 7 nitrogen and oxygen atoms in total. The molecule has 0 fully saturated rings. The van der Waals surface area contributed by atoms with Gasteiger partial charge in [0.1, 0.15) is 11.4 Å². The van der Waals surface area contributed by atoms with Crippen molar-refractivity contribution in [2.45, 2.75) is 40.5 Å². The van der Waals surface area contributed by atoms with Crippen LogP contribution in [0, 0.1) is 24.0 Å². The molecule has 3 aromatic rings. The number of hydrogen-bond donors (Lipinski definition) is 0. The molecule has 0 aliphatic carbocycles. The number of unbranched alkanes of at least 4 members (excludes halogenated alkanes) is 1. The maximum atomic E-state index is 11.4. The van der Waals surface area contributed by atoms with Gasteiger partial charge in [-0.1, -0.05) is 25.5 Å². The normalized spacial score (nSPS) is 11.4. The van der Waals surface area contributed by atoms with Crippen LogP contribution in [-0.4, -0.2) is 25.1 Å². The lowest BCUT2D eigenvalue weighted by Crippen LogP contribution is -2.23.